The van der Waals surface area contributed by atoms with Gasteiger partial charge in [-0.25, -0.2) is 5.06 Å². The minimum Gasteiger partial charge on any atom is -0.362 e. The molecule has 126 valence electrons. The summed E-state index contributed by atoms with van der Waals surface area (Å²) >= 11 is 1.82. The van der Waals surface area contributed by atoms with E-state index >= 15 is 0 Å². The lowest BCUT2D eigenvalue weighted by Gasteiger charge is -2.39. The molecule has 6 heteroatoms. The van der Waals surface area contributed by atoms with E-state index in [0.717, 1.165) is 51.7 Å². The smallest absolute Gasteiger partial charge is 0.275 e. The van der Waals surface area contributed by atoms with Crippen LogP contribution in [0.3, 0.4) is 0 Å². The summed E-state index contributed by atoms with van der Waals surface area (Å²) in [5.74, 6) is 0.0281. The summed E-state index contributed by atoms with van der Waals surface area (Å²) in [5, 5.41) is 3.65. The zero-order valence-corrected chi connectivity index (χ0v) is 14.2. The maximum Gasteiger partial charge on any atom is 0.275 e. The number of hydrogen-bond acceptors (Lipinski definition) is 5. The summed E-state index contributed by atoms with van der Waals surface area (Å²) in [6, 6.07) is 4.31. The van der Waals surface area contributed by atoms with Crippen LogP contribution in [0, 0.1) is 0 Å². The summed E-state index contributed by atoms with van der Waals surface area (Å²) in [6.07, 6.45) is 4.54. The van der Waals surface area contributed by atoms with Crippen LogP contribution < -0.4 is 0 Å². The van der Waals surface area contributed by atoms with Gasteiger partial charge in [0.25, 0.3) is 5.91 Å². The molecule has 1 amide bonds. The molecule has 3 aliphatic rings. The van der Waals surface area contributed by atoms with Crippen molar-refractivity contribution in [1.82, 2.24) is 9.96 Å². The molecular formula is C17H24N2O3S. The van der Waals surface area contributed by atoms with Crippen LogP contribution in [-0.4, -0.2) is 53.8 Å². The van der Waals surface area contributed by atoms with Gasteiger partial charge < -0.3 is 4.74 Å². The van der Waals surface area contributed by atoms with E-state index in [9.17, 15) is 4.79 Å². The fourth-order valence-electron chi connectivity index (χ4n) is 3.88. The van der Waals surface area contributed by atoms with Crippen LogP contribution in [0.4, 0.5) is 0 Å². The Balaban J connectivity index is 1.30. The van der Waals surface area contributed by atoms with Crippen molar-refractivity contribution in [2.75, 3.05) is 26.2 Å². The monoisotopic (exact) mass is 336 g/mol. The largest absolute Gasteiger partial charge is 0.362 e. The summed E-state index contributed by atoms with van der Waals surface area (Å²) in [5.41, 5.74) is -0.0774. The van der Waals surface area contributed by atoms with Gasteiger partial charge in [0.2, 0.25) is 0 Å². The summed E-state index contributed by atoms with van der Waals surface area (Å²) in [7, 11) is 0. The first kappa shape index (κ1) is 15.6. The maximum atomic E-state index is 12.4. The van der Waals surface area contributed by atoms with E-state index < -0.39 is 0 Å². The van der Waals surface area contributed by atoms with Gasteiger partial charge in [-0.3, -0.25) is 14.5 Å². The van der Waals surface area contributed by atoms with Crippen molar-refractivity contribution in [3.63, 3.8) is 0 Å². The molecule has 0 saturated carbocycles. The number of piperidine rings is 1. The Labute approximate surface area is 141 Å². The Morgan fingerprint density at radius 3 is 2.87 bits per heavy atom. The van der Waals surface area contributed by atoms with Crippen molar-refractivity contribution in [1.29, 1.82) is 0 Å². The normalized spacial score (nSPS) is 27.8. The van der Waals surface area contributed by atoms with Crippen molar-refractivity contribution < 1.29 is 14.4 Å². The number of carbonyl (C=O) groups excluding carboxylic acids is 1. The average molecular weight is 336 g/mol. The molecule has 4 rings (SSSR count). The lowest BCUT2D eigenvalue weighted by Crippen LogP contribution is -2.45. The third kappa shape index (κ3) is 3.31. The van der Waals surface area contributed by atoms with Crippen molar-refractivity contribution in [2.45, 2.75) is 50.4 Å². The first-order valence-corrected chi connectivity index (χ1v) is 9.49. The minimum atomic E-state index is -0.294. The number of likely N-dealkylation sites (tertiary alicyclic amines) is 1. The molecule has 0 radical (unpaired) electrons. The van der Waals surface area contributed by atoms with Crippen LogP contribution in [0.25, 0.3) is 0 Å². The second-order valence-electron chi connectivity index (χ2n) is 6.81. The second-order valence-corrected chi connectivity index (χ2v) is 7.84. The van der Waals surface area contributed by atoms with Crippen molar-refractivity contribution in [3.05, 3.63) is 22.4 Å². The molecule has 0 aromatic carbocycles. The van der Waals surface area contributed by atoms with Gasteiger partial charge in [0.1, 0.15) is 6.10 Å². The molecule has 0 N–H and O–H groups in total. The van der Waals surface area contributed by atoms with Crippen LogP contribution in [0.5, 0.6) is 0 Å². The van der Waals surface area contributed by atoms with Gasteiger partial charge in [-0.1, -0.05) is 6.07 Å². The van der Waals surface area contributed by atoms with E-state index in [1.165, 1.54) is 9.94 Å². The molecule has 4 heterocycles. The molecular weight excluding hydrogens is 312 g/mol. The molecule has 1 atom stereocenters. The van der Waals surface area contributed by atoms with E-state index in [4.69, 9.17) is 9.57 Å². The topological polar surface area (TPSA) is 42.0 Å². The third-order valence-electron chi connectivity index (χ3n) is 5.26. The molecule has 3 aliphatic heterocycles. The first-order valence-electron chi connectivity index (χ1n) is 8.61. The van der Waals surface area contributed by atoms with Crippen LogP contribution in [0.2, 0.25) is 0 Å². The third-order valence-corrected chi connectivity index (χ3v) is 6.12. The first-order chi connectivity index (χ1) is 11.2. The van der Waals surface area contributed by atoms with Crippen molar-refractivity contribution in [2.24, 2.45) is 0 Å². The van der Waals surface area contributed by atoms with E-state index in [0.29, 0.717) is 13.2 Å². The van der Waals surface area contributed by atoms with Gasteiger partial charge >= 0.3 is 0 Å². The van der Waals surface area contributed by atoms with Gasteiger partial charge in [0.15, 0.2) is 0 Å². The zero-order valence-electron chi connectivity index (χ0n) is 13.4. The number of nitrogens with zero attached hydrogens (tertiary/aromatic N) is 2. The molecule has 5 nitrogen and oxygen atoms in total. The van der Waals surface area contributed by atoms with Crippen LogP contribution >= 0.6 is 11.3 Å². The standard InChI is InChI=1S/C17H24N2O3S/c20-16(19-8-2-11-21-19)15-4-5-17(22-15)6-9-18(10-7-17)13-14-3-1-12-23-14/h1,3,12,15H,2,4-11,13H2. The van der Waals surface area contributed by atoms with Gasteiger partial charge in [0.05, 0.1) is 18.8 Å². The maximum absolute atomic E-state index is 12.4. The predicted molar refractivity (Wildman–Crippen MR) is 88.0 cm³/mol. The molecule has 1 aromatic rings. The van der Waals surface area contributed by atoms with Crippen molar-refractivity contribution in [3.8, 4) is 0 Å². The SMILES string of the molecule is O=C(C1CCC2(CCN(Cc3cccs3)CC2)O1)N1CCCO1. The average Bonchev–Trinajstić information content (AvgIpc) is 3.31. The highest BCUT2D eigenvalue weighted by atomic mass is 32.1. The number of ether oxygens (including phenoxy) is 1. The minimum absolute atomic E-state index is 0.0281. The Kier molecular flexibility index (Phi) is 4.41. The fraction of sp³-hybridized carbons (Fsp3) is 0.706. The van der Waals surface area contributed by atoms with Gasteiger partial charge in [-0.2, -0.15) is 0 Å². The highest BCUT2D eigenvalue weighted by Crippen LogP contribution is 2.40. The quantitative estimate of drug-likeness (QED) is 0.850. The zero-order chi connectivity index (χ0) is 15.7. The van der Waals surface area contributed by atoms with Gasteiger partial charge in [0, 0.05) is 24.5 Å². The Hall–Kier alpha value is -0.950. The van der Waals surface area contributed by atoms with E-state index in [1.54, 1.807) is 0 Å². The molecule has 0 bridgehead atoms. The molecule has 1 aromatic heterocycles. The predicted octanol–water partition coefficient (Wildman–Crippen LogP) is 2.43. The second kappa shape index (κ2) is 6.51. The summed E-state index contributed by atoms with van der Waals surface area (Å²) in [4.78, 5) is 21.7. The van der Waals surface area contributed by atoms with E-state index in [-0.39, 0.29) is 17.6 Å². The van der Waals surface area contributed by atoms with Crippen LogP contribution in [-0.2, 0) is 20.9 Å². The molecule has 3 fully saturated rings. The molecule has 1 spiro atoms. The number of hydroxylamine groups is 2. The molecule has 0 aliphatic carbocycles. The number of rotatable bonds is 3. The summed E-state index contributed by atoms with van der Waals surface area (Å²) in [6.45, 7) is 4.51. The lowest BCUT2D eigenvalue weighted by molar-refractivity contribution is -0.185. The lowest BCUT2D eigenvalue weighted by atomic mass is 9.88. The number of carbonyl (C=O) groups is 1. The van der Waals surface area contributed by atoms with Crippen LogP contribution in [0.15, 0.2) is 17.5 Å². The summed E-state index contributed by atoms with van der Waals surface area (Å²) < 4.78 is 6.25. The van der Waals surface area contributed by atoms with Crippen molar-refractivity contribution >= 4 is 17.2 Å². The van der Waals surface area contributed by atoms with Gasteiger partial charge in [-0.05, 0) is 43.6 Å². The highest BCUT2D eigenvalue weighted by molar-refractivity contribution is 7.09. The molecule has 1 unspecified atom stereocenters. The highest BCUT2D eigenvalue weighted by Gasteiger charge is 2.46. The van der Waals surface area contributed by atoms with E-state index in [1.807, 2.05) is 11.3 Å². The number of thiophene rings is 1. The van der Waals surface area contributed by atoms with E-state index in [2.05, 4.69) is 22.4 Å². The Morgan fingerprint density at radius 1 is 1.30 bits per heavy atom. The number of hydrogen-bond donors (Lipinski definition) is 0. The Morgan fingerprint density at radius 2 is 2.17 bits per heavy atom. The molecule has 3 saturated heterocycles. The van der Waals surface area contributed by atoms with Crippen LogP contribution in [0.1, 0.15) is 37.0 Å². The molecule has 23 heavy (non-hydrogen) atoms. The number of amides is 1. The van der Waals surface area contributed by atoms with Gasteiger partial charge in [-0.15, -0.1) is 11.3 Å². The Bertz CT molecular complexity index is 534. The fourth-order valence-corrected chi connectivity index (χ4v) is 4.63.